The average molecular weight is 334 g/mol. The molecule has 1 atom stereocenters. The number of halogens is 2. The number of rotatable bonds is 3. The van der Waals surface area contributed by atoms with E-state index < -0.39 is 0 Å². The molecule has 0 bridgehead atoms. The minimum absolute atomic E-state index is 0.220. The van der Waals surface area contributed by atoms with Gasteiger partial charge in [-0.05, 0) is 63.5 Å². The molecule has 3 heteroatoms. The molecule has 0 saturated heterocycles. The first-order valence-corrected chi connectivity index (χ1v) is 7.75. The summed E-state index contributed by atoms with van der Waals surface area (Å²) >= 11 is 3.20. The van der Waals surface area contributed by atoms with E-state index in [1.807, 2.05) is 0 Å². The lowest BCUT2D eigenvalue weighted by Crippen LogP contribution is -2.13. The molecule has 3 rings (SSSR count). The molecule has 0 spiro atoms. The minimum atomic E-state index is -0.263. The number of hydrogen-bond acceptors (Lipinski definition) is 1. The van der Waals surface area contributed by atoms with Crippen LogP contribution in [0.15, 0.2) is 46.9 Å². The lowest BCUT2D eigenvalue weighted by molar-refractivity contribution is 0.419. The Balaban J connectivity index is 1.82. The molecule has 1 aliphatic carbocycles. The Morgan fingerprint density at radius 3 is 2.25 bits per heavy atom. The van der Waals surface area contributed by atoms with E-state index in [9.17, 15) is 4.39 Å². The van der Waals surface area contributed by atoms with Gasteiger partial charge in [-0.1, -0.05) is 36.8 Å². The third-order valence-electron chi connectivity index (χ3n) is 4.17. The van der Waals surface area contributed by atoms with Crippen molar-refractivity contribution in [2.24, 2.45) is 5.73 Å². The summed E-state index contributed by atoms with van der Waals surface area (Å²) < 4.78 is 13.7. The van der Waals surface area contributed by atoms with E-state index in [0.29, 0.717) is 4.47 Å². The first-order chi connectivity index (χ1) is 9.65. The lowest BCUT2D eigenvalue weighted by atomic mass is 9.79. The van der Waals surface area contributed by atoms with E-state index in [0.717, 1.165) is 17.0 Å². The maximum absolute atomic E-state index is 13.3. The van der Waals surface area contributed by atoms with Crippen LogP contribution in [0.3, 0.4) is 0 Å². The minimum Gasteiger partial charge on any atom is -0.320 e. The van der Waals surface area contributed by atoms with Gasteiger partial charge in [0, 0.05) is 0 Å². The monoisotopic (exact) mass is 333 g/mol. The Bertz CT molecular complexity index is 605. The zero-order valence-corrected chi connectivity index (χ0v) is 12.7. The number of nitrogens with two attached hydrogens (primary N) is 1. The first-order valence-electron chi connectivity index (χ1n) is 6.95. The summed E-state index contributed by atoms with van der Waals surface area (Å²) in [6.45, 7) is 0. The lowest BCUT2D eigenvalue weighted by Gasteiger charge is -2.26. The van der Waals surface area contributed by atoms with Crippen molar-refractivity contribution < 1.29 is 4.39 Å². The van der Waals surface area contributed by atoms with Gasteiger partial charge < -0.3 is 5.73 Å². The molecule has 0 heterocycles. The van der Waals surface area contributed by atoms with E-state index in [-0.39, 0.29) is 11.9 Å². The van der Waals surface area contributed by atoms with E-state index in [2.05, 4.69) is 40.2 Å². The summed E-state index contributed by atoms with van der Waals surface area (Å²) in [7, 11) is 0. The van der Waals surface area contributed by atoms with E-state index in [1.54, 1.807) is 12.1 Å². The van der Waals surface area contributed by atoms with Gasteiger partial charge in [0.15, 0.2) is 0 Å². The van der Waals surface area contributed by atoms with E-state index in [1.165, 1.54) is 30.9 Å². The van der Waals surface area contributed by atoms with Gasteiger partial charge in [-0.15, -0.1) is 0 Å². The summed E-state index contributed by atoms with van der Waals surface area (Å²) in [5.41, 5.74) is 9.65. The molecule has 20 heavy (non-hydrogen) atoms. The highest BCUT2D eigenvalue weighted by molar-refractivity contribution is 9.10. The Kier molecular flexibility index (Phi) is 3.90. The predicted molar refractivity (Wildman–Crippen MR) is 83.2 cm³/mol. The average Bonchev–Trinajstić information content (AvgIpc) is 2.40. The highest BCUT2D eigenvalue weighted by Gasteiger charge is 2.19. The number of hydrogen-bond donors (Lipinski definition) is 1. The van der Waals surface area contributed by atoms with Crippen molar-refractivity contribution in [2.75, 3.05) is 0 Å². The molecule has 1 saturated carbocycles. The van der Waals surface area contributed by atoms with Crippen LogP contribution in [0.5, 0.6) is 0 Å². The maximum Gasteiger partial charge on any atom is 0.137 e. The normalized spacial score (nSPS) is 16.8. The Hall–Kier alpha value is -1.19. The highest BCUT2D eigenvalue weighted by atomic mass is 79.9. The topological polar surface area (TPSA) is 26.0 Å². The third kappa shape index (κ3) is 2.65. The second kappa shape index (κ2) is 5.66. The fourth-order valence-corrected chi connectivity index (χ4v) is 3.01. The molecule has 0 aromatic heterocycles. The van der Waals surface area contributed by atoms with Crippen LogP contribution in [0, 0.1) is 5.82 Å². The molecule has 2 aromatic carbocycles. The van der Waals surface area contributed by atoms with Gasteiger partial charge >= 0.3 is 0 Å². The zero-order chi connectivity index (χ0) is 14.1. The van der Waals surface area contributed by atoms with Gasteiger partial charge in [0.25, 0.3) is 0 Å². The van der Waals surface area contributed by atoms with Crippen molar-refractivity contribution in [3.05, 3.63) is 69.4 Å². The molecule has 0 radical (unpaired) electrons. The van der Waals surface area contributed by atoms with Crippen LogP contribution in [0.25, 0.3) is 0 Å². The third-order valence-corrected chi connectivity index (χ3v) is 4.78. The fourth-order valence-electron chi connectivity index (χ4n) is 2.62. The van der Waals surface area contributed by atoms with Gasteiger partial charge in [0.2, 0.25) is 0 Å². The first kappa shape index (κ1) is 13.8. The molecule has 0 amide bonds. The largest absolute Gasteiger partial charge is 0.320 e. The molecule has 2 aromatic rings. The molecule has 104 valence electrons. The summed E-state index contributed by atoms with van der Waals surface area (Å²) in [4.78, 5) is 0. The fraction of sp³-hybridized carbons (Fsp3) is 0.294. The van der Waals surface area contributed by atoms with Crippen molar-refractivity contribution in [1.29, 1.82) is 0 Å². The molecule has 1 aliphatic rings. The molecule has 1 unspecified atom stereocenters. The van der Waals surface area contributed by atoms with Crippen LogP contribution in [0.1, 0.15) is 47.9 Å². The van der Waals surface area contributed by atoms with Crippen LogP contribution in [0.4, 0.5) is 4.39 Å². The Morgan fingerprint density at radius 2 is 1.70 bits per heavy atom. The molecule has 0 aliphatic heterocycles. The van der Waals surface area contributed by atoms with Crippen molar-refractivity contribution in [3.8, 4) is 0 Å². The molecule has 2 N–H and O–H groups in total. The van der Waals surface area contributed by atoms with Crippen molar-refractivity contribution >= 4 is 15.9 Å². The Labute approximate surface area is 127 Å². The standard InChI is InChI=1S/C17H17BrFN/c18-15-10-14(8-9-16(15)19)17(20)13-6-4-12(5-7-13)11-2-1-3-11/h4-11,17H,1-3,20H2. The molecule has 1 fully saturated rings. The predicted octanol–water partition coefficient (Wildman–Crippen LogP) is 4.90. The summed E-state index contributed by atoms with van der Waals surface area (Å²) in [6.07, 6.45) is 3.95. The van der Waals surface area contributed by atoms with Gasteiger partial charge in [-0.25, -0.2) is 4.39 Å². The van der Waals surface area contributed by atoms with Gasteiger partial charge in [0.1, 0.15) is 5.82 Å². The second-order valence-electron chi connectivity index (χ2n) is 5.45. The summed E-state index contributed by atoms with van der Waals surface area (Å²) in [6, 6.07) is 13.3. The van der Waals surface area contributed by atoms with E-state index >= 15 is 0 Å². The summed E-state index contributed by atoms with van der Waals surface area (Å²) in [5, 5.41) is 0. The highest BCUT2D eigenvalue weighted by Crippen LogP contribution is 2.36. The van der Waals surface area contributed by atoms with Crippen LogP contribution in [-0.2, 0) is 0 Å². The van der Waals surface area contributed by atoms with Gasteiger partial charge in [0.05, 0.1) is 10.5 Å². The van der Waals surface area contributed by atoms with Crippen LogP contribution >= 0.6 is 15.9 Å². The maximum atomic E-state index is 13.3. The SMILES string of the molecule is NC(c1ccc(C2CCC2)cc1)c1ccc(F)c(Br)c1. The quantitative estimate of drug-likeness (QED) is 0.848. The molecular formula is C17H17BrFN. The second-order valence-corrected chi connectivity index (χ2v) is 6.30. The van der Waals surface area contributed by atoms with Crippen LogP contribution in [-0.4, -0.2) is 0 Å². The molecule has 1 nitrogen and oxygen atoms in total. The van der Waals surface area contributed by atoms with Crippen molar-refractivity contribution in [2.45, 2.75) is 31.2 Å². The number of benzene rings is 2. The molecular weight excluding hydrogens is 317 g/mol. The van der Waals surface area contributed by atoms with Crippen LogP contribution < -0.4 is 5.73 Å². The van der Waals surface area contributed by atoms with Crippen molar-refractivity contribution in [1.82, 2.24) is 0 Å². The smallest absolute Gasteiger partial charge is 0.137 e. The van der Waals surface area contributed by atoms with E-state index in [4.69, 9.17) is 5.73 Å². The van der Waals surface area contributed by atoms with Crippen molar-refractivity contribution in [3.63, 3.8) is 0 Å². The van der Waals surface area contributed by atoms with Gasteiger partial charge in [-0.2, -0.15) is 0 Å². The summed E-state index contributed by atoms with van der Waals surface area (Å²) in [5.74, 6) is 0.474. The van der Waals surface area contributed by atoms with Crippen LogP contribution in [0.2, 0.25) is 0 Å². The zero-order valence-electron chi connectivity index (χ0n) is 11.2. The van der Waals surface area contributed by atoms with Gasteiger partial charge in [-0.3, -0.25) is 0 Å². The Morgan fingerprint density at radius 1 is 1.05 bits per heavy atom.